The Hall–Kier alpha value is -3.89. The highest BCUT2D eigenvalue weighted by molar-refractivity contribution is 5.92. The molecule has 0 aliphatic heterocycles. The number of carbonyl (C=O) groups is 3. The molecule has 0 N–H and O–H groups in total. The number of allylic oxidation sites excluding steroid dienone is 2. The van der Waals surface area contributed by atoms with Crippen molar-refractivity contribution in [1.82, 2.24) is 9.97 Å². The molecule has 1 aromatic heterocycles. The van der Waals surface area contributed by atoms with Crippen LogP contribution in [0.15, 0.2) is 43.5 Å². The molecule has 50 heavy (non-hydrogen) atoms. The number of benzene rings is 1. The number of rotatable bonds is 15. The summed E-state index contributed by atoms with van der Waals surface area (Å²) in [5, 5.41) is 0. The van der Waals surface area contributed by atoms with Gasteiger partial charge in [-0.3, -0.25) is 14.4 Å². The van der Waals surface area contributed by atoms with Crippen molar-refractivity contribution >= 4 is 28.8 Å². The van der Waals surface area contributed by atoms with Gasteiger partial charge in [0.2, 0.25) is 5.88 Å². The fraction of sp³-hybridized carbons (Fsp3) is 0.615. The van der Waals surface area contributed by atoms with Crippen molar-refractivity contribution in [3.05, 3.63) is 49.2 Å². The molecule has 0 amide bonds. The molecule has 4 rings (SSSR count). The Labute approximate surface area is 294 Å². The van der Waals surface area contributed by atoms with Crippen molar-refractivity contribution in [2.24, 2.45) is 35.0 Å². The number of aromatic nitrogens is 2. The number of hydrogen-bond donors (Lipinski definition) is 0. The van der Waals surface area contributed by atoms with Crippen molar-refractivity contribution in [2.75, 3.05) is 7.11 Å². The normalized spacial score (nSPS) is 24.3. The van der Waals surface area contributed by atoms with Gasteiger partial charge in [0.05, 0.1) is 30.5 Å². The van der Waals surface area contributed by atoms with Crippen molar-refractivity contribution in [3.8, 4) is 11.6 Å². The highest BCUT2D eigenvalue weighted by Crippen LogP contribution is 2.48. The Morgan fingerprint density at radius 2 is 1.72 bits per heavy atom. The van der Waals surface area contributed by atoms with E-state index >= 15 is 8.78 Å². The Bertz CT molecular complexity index is 1600. The van der Waals surface area contributed by atoms with Crippen molar-refractivity contribution < 1.29 is 42.1 Å². The van der Waals surface area contributed by atoms with Gasteiger partial charge < -0.3 is 18.9 Å². The first-order chi connectivity index (χ1) is 23.3. The number of alkyl halides is 2. The molecule has 2 aromatic rings. The van der Waals surface area contributed by atoms with E-state index in [9.17, 15) is 14.4 Å². The molecule has 0 spiro atoms. The summed E-state index contributed by atoms with van der Waals surface area (Å²) in [6.45, 7) is 19.7. The molecule has 1 unspecified atom stereocenters. The first kappa shape index (κ1) is 38.9. The van der Waals surface area contributed by atoms with Gasteiger partial charge in [0, 0.05) is 23.8 Å². The second kappa shape index (κ2) is 15.2. The molecule has 7 atom stereocenters. The van der Waals surface area contributed by atoms with E-state index in [4.69, 9.17) is 18.9 Å². The minimum Gasteiger partial charge on any atom is -0.497 e. The van der Waals surface area contributed by atoms with Crippen LogP contribution in [0, 0.1) is 35.0 Å². The fourth-order valence-electron chi connectivity index (χ4n) is 6.92. The number of ether oxygens (including phenoxy) is 4. The highest BCUT2D eigenvalue weighted by atomic mass is 19.3. The third kappa shape index (κ3) is 9.06. The van der Waals surface area contributed by atoms with Gasteiger partial charge in [-0.1, -0.05) is 40.3 Å². The van der Waals surface area contributed by atoms with Gasteiger partial charge in [-0.2, -0.15) is 8.78 Å². The van der Waals surface area contributed by atoms with Gasteiger partial charge in [0.1, 0.15) is 29.3 Å². The second-order valence-electron chi connectivity index (χ2n) is 15.6. The number of halogens is 2. The second-order valence-corrected chi connectivity index (χ2v) is 15.6. The van der Waals surface area contributed by atoms with Crippen LogP contribution in [0.4, 0.5) is 8.78 Å². The minimum atomic E-state index is -3.60. The van der Waals surface area contributed by atoms with Crippen molar-refractivity contribution in [1.29, 1.82) is 0 Å². The fourth-order valence-corrected chi connectivity index (χ4v) is 6.92. The molecule has 9 nitrogen and oxygen atoms in total. The van der Waals surface area contributed by atoms with Crippen LogP contribution in [0.2, 0.25) is 0 Å². The number of fused-ring (bicyclic) bond motifs is 1. The summed E-state index contributed by atoms with van der Waals surface area (Å²) in [5.41, 5.74) is -1.79. The van der Waals surface area contributed by atoms with E-state index in [1.54, 1.807) is 32.9 Å². The van der Waals surface area contributed by atoms with E-state index in [1.807, 2.05) is 33.8 Å². The lowest BCUT2D eigenvalue weighted by Gasteiger charge is -2.33. The minimum absolute atomic E-state index is 0.0199. The van der Waals surface area contributed by atoms with Crippen LogP contribution in [0.3, 0.4) is 0 Å². The average Bonchev–Trinajstić information content (AvgIpc) is 3.66. The SMILES string of the molecule is C=CCC[C@@H]1C[C@H]1OC(=O)C[C@H](C(=O)C1C[C@H](Oc2nc3cc(OC)ccc3nc2C(F)(F)C=C)[C@@H](CC)[C@H]1C(=O)OC(C)(C)C)C(C)(C)C. The molecule has 2 saturated carbocycles. The topological polar surface area (TPSA) is 114 Å². The van der Waals surface area contributed by atoms with Crippen molar-refractivity contribution in [2.45, 2.75) is 111 Å². The Balaban J connectivity index is 1.71. The van der Waals surface area contributed by atoms with E-state index in [0.717, 1.165) is 19.3 Å². The van der Waals surface area contributed by atoms with Crippen LogP contribution in [-0.2, 0) is 29.8 Å². The number of carbonyl (C=O) groups excluding carboxylic acids is 3. The van der Waals surface area contributed by atoms with Gasteiger partial charge in [-0.15, -0.1) is 6.58 Å². The lowest BCUT2D eigenvalue weighted by Crippen LogP contribution is -2.41. The van der Waals surface area contributed by atoms with E-state index in [-0.39, 0.29) is 41.7 Å². The smallest absolute Gasteiger partial charge is 0.313 e. The van der Waals surface area contributed by atoms with Gasteiger partial charge in [-0.25, -0.2) is 9.97 Å². The third-order valence-corrected chi connectivity index (χ3v) is 9.69. The lowest BCUT2D eigenvalue weighted by molar-refractivity contribution is -0.165. The molecular formula is C39H52F2N2O7. The summed E-state index contributed by atoms with van der Waals surface area (Å²) in [4.78, 5) is 50.4. The molecule has 2 fully saturated rings. The molecule has 11 heteroatoms. The average molecular weight is 699 g/mol. The quantitative estimate of drug-likeness (QED) is 0.134. The van der Waals surface area contributed by atoms with Crippen LogP contribution in [0.25, 0.3) is 11.0 Å². The van der Waals surface area contributed by atoms with E-state index < -0.39 is 70.2 Å². The third-order valence-electron chi connectivity index (χ3n) is 9.69. The molecule has 0 saturated heterocycles. The zero-order chi connectivity index (χ0) is 37.2. The summed E-state index contributed by atoms with van der Waals surface area (Å²) < 4.78 is 53.8. The maximum atomic E-state index is 15.3. The predicted octanol–water partition coefficient (Wildman–Crippen LogP) is 8.19. The van der Waals surface area contributed by atoms with Crippen LogP contribution >= 0.6 is 0 Å². The first-order valence-corrected chi connectivity index (χ1v) is 17.4. The van der Waals surface area contributed by atoms with Gasteiger partial charge in [0.15, 0.2) is 5.69 Å². The summed E-state index contributed by atoms with van der Waals surface area (Å²) in [6.07, 6.45) is 4.00. The van der Waals surface area contributed by atoms with Crippen LogP contribution in [-0.4, -0.2) is 52.6 Å². The Morgan fingerprint density at radius 3 is 2.30 bits per heavy atom. The Kier molecular flexibility index (Phi) is 11.8. The maximum absolute atomic E-state index is 15.3. The summed E-state index contributed by atoms with van der Waals surface area (Å²) in [6, 6.07) is 4.67. The van der Waals surface area contributed by atoms with Gasteiger partial charge >= 0.3 is 17.9 Å². The number of Topliss-reactive ketones (excluding diaryl/α,β-unsaturated/α-hetero) is 1. The van der Waals surface area contributed by atoms with Crippen LogP contribution in [0.5, 0.6) is 11.6 Å². The Morgan fingerprint density at radius 1 is 1.02 bits per heavy atom. The van der Waals surface area contributed by atoms with Gasteiger partial charge in [-0.05, 0) is 82.4 Å². The van der Waals surface area contributed by atoms with Crippen molar-refractivity contribution in [3.63, 3.8) is 0 Å². The molecule has 0 bridgehead atoms. The molecule has 274 valence electrons. The number of methoxy groups -OCH3 is 1. The standard InChI is InChI=1S/C39H52F2N2O7/c1-11-14-15-22-18-29(22)48-31(44)21-26(37(4,5)6)33(45)25-20-30(24(12-2)32(25)36(46)50-38(7,8)9)49-35-34(39(40,41)13-3)42-27-17-16-23(47-10)19-28(27)43-35/h11,13,16-17,19,22,24-26,29-30,32H,1,3,12,14-15,18,20-21H2,2,4-10H3/t22-,24-,25?,26-,29-,30+,32-/m1/s1. The van der Waals surface area contributed by atoms with Gasteiger partial charge in [0.25, 0.3) is 0 Å². The summed E-state index contributed by atoms with van der Waals surface area (Å²) in [5.74, 6) is -7.90. The largest absolute Gasteiger partial charge is 0.497 e. The van der Waals surface area contributed by atoms with E-state index in [1.165, 1.54) is 13.2 Å². The molecule has 1 aromatic carbocycles. The number of ketones is 1. The van der Waals surface area contributed by atoms with Crippen LogP contribution in [0.1, 0.15) is 92.7 Å². The zero-order valence-electron chi connectivity index (χ0n) is 30.6. The predicted molar refractivity (Wildman–Crippen MR) is 186 cm³/mol. The molecule has 2 aliphatic rings. The lowest BCUT2D eigenvalue weighted by atomic mass is 9.70. The highest BCUT2D eigenvalue weighted by Gasteiger charge is 2.55. The summed E-state index contributed by atoms with van der Waals surface area (Å²) >= 11 is 0. The zero-order valence-corrected chi connectivity index (χ0v) is 30.6. The molecule has 0 radical (unpaired) electrons. The van der Waals surface area contributed by atoms with Crippen LogP contribution < -0.4 is 9.47 Å². The van der Waals surface area contributed by atoms with E-state index in [0.29, 0.717) is 18.2 Å². The molecule has 2 aliphatic carbocycles. The molecule has 1 heterocycles. The monoisotopic (exact) mass is 698 g/mol. The summed E-state index contributed by atoms with van der Waals surface area (Å²) in [7, 11) is 1.47. The number of hydrogen-bond acceptors (Lipinski definition) is 9. The van der Waals surface area contributed by atoms with E-state index in [2.05, 4.69) is 23.1 Å². The number of nitrogens with zero attached hydrogens (tertiary/aromatic N) is 2. The number of esters is 2. The maximum Gasteiger partial charge on any atom is 0.313 e. The first-order valence-electron chi connectivity index (χ1n) is 17.4. The molecular weight excluding hydrogens is 646 g/mol.